The number of fused-ring (bicyclic) bond motifs is 5. The SMILES string of the molecule is CC/C=C(\C=C/C(Cc1ccccc1)n1c2ccccc2c2nc3c(nc21)N(c1ccccc1)c1ccccc1C=C3)c1ccccc1. The Morgan fingerprint density at radius 1 is 0.708 bits per heavy atom. The van der Waals surface area contributed by atoms with Crippen molar-refractivity contribution >= 4 is 57.0 Å². The van der Waals surface area contributed by atoms with Crippen molar-refractivity contribution in [3.05, 3.63) is 180 Å². The molecule has 7 aromatic rings. The molecule has 2 aromatic heterocycles. The van der Waals surface area contributed by atoms with E-state index in [2.05, 4.69) is 186 Å². The minimum atomic E-state index is -0.0232. The Morgan fingerprint density at radius 2 is 1.40 bits per heavy atom. The fraction of sp³-hybridized carbons (Fsp3) is 0.0909. The van der Waals surface area contributed by atoms with E-state index in [4.69, 9.17) is 9.97 Å². The first-order valence-electron chi connectivity index (χ1n) is 16.7. The zero-order chi connectivity index (χ0) is 32.3. The molecule has 0 radical (unpaired) electrons. The first-order valence-corrected chi connectivity index (χ1v) is 16.7. The number of allylic oxidation sites excluding steroid dienone is 4. The van der Waals surface area contributed by atoms with Crippen molar-refractivity contribution in [3.8, 4) is 0 Å². The van der Waals surface area contributed by atoms with Gasteiger partial charge in [0.25, 0.3) is 0 Å². The van der Waals surface area contributed by atoms with E-state index in [-0.39, 0.29) is 6.04 Å². The van der Waals surface area contributed by atoms with Crippen LogP contribution < -0.4 is 4.90 Å². The second-order valence-corrected chi connectivity index (χ2v) is 12.1. The summed E-state index contributed by atoms with van der Waals surface area (Å²) in [5.41, 5.74) is 10.7. The summed E-state index contributed by atoms with van der Waals surface area (Å²) in [5.74, 6) is 0.817. The van der Waals surface area contributed by atoms with Gasteiger partial charge in [0.05, 0.1) is 17.2 Å². The normalized spacial score (nSPS) is 13.5. The Labute approximate surface area is 281 Å². The summed E-state index contributed by atoms with van der Waals surface area (Å²) in [4.78, 5) is 13.2. The van der Waals surface area contributed by atoms with E-state index in [1.807, 2.05) is 0 Å². The molecule has 0 fully saturated rings. The minimum Gasteiger partial charge on any atom is -0.317 e. The third kappa shape index (κ3) is 5.52. The summed E-state index contributed by atoms with van der Waals surface area (Å²) in [7, 11) is 0. The molecule has 232 valence electrons. The average molecular weight is 621 g/mol. The Balaban J connectivity index is 1.37. The van der Waals surface area contributed by atoms with Gasteiger partial charge in [-0.2, -0.15) is 0 Å². The van der Waals surface area contributed by atoms with Crippen LogP contribution in [0.1, 0.15) is 41.8 Å². The molecule has 1 aliphatic heterocycles. The number of anilines is 3. The van der Waals surface area contributed by atoms with Crippen LogP contribution in [0.5, 0.6) is 0 Å². The molecule has 5 aromatic carbocycles. The van der Waals surface area contributed by atoms with Gasteiger partial charge >= 0.3 is 0 Å². The maximum absolute atomic E-state index is 5.58. The molecule has 1 unspecified atom stereocenters. The highest BCUT2D eigenvalue weighted by atomic mass is 15.2. The number of para-hydroxylation sites is 3. The molecule has 0 aliphatic carbocycles. The van der Waals surface area contributed by atoms with Crippen molar-refractivity contribution in [3.63, 3.8) is 0 Å². The van der Waals surface area contributed by atoms with Gasteiger partial charge in [-0.05, 0) is 65.4 Å². The van der Waals surface area contributed by atoms with E-state index in [9.17, 15) is 0 Å². The quantitative estimate of drug-likeness (QED) is 0.159. The Kier molecular flexibility index (Phi) is 7.97. The predicted octanol–water partition coefficient (Wildman–Crippen LogP) is 11.4. The number of rotatable bonds is 8. The molecule has 3 heterocycles. The number of nitrogens with zero attached hydrogens (tertiary/aromatic N) is 4. The highest BCUT2D eigenvalue weighted by Crippen LogP contribution is 2.42. The summed E-state index contributed by atoms with van der Waals surface area (Å²) in [6.45, 7) is 2.19. The van der Waals surface area contributed by atoms with Gasteiger partial charge < -0.3 is 4.57 Å². The monoisotopic (exact) mass is 620 g/mol. The number of hydrogen-bond donors (Lipinski definition) is 0. The van der Waals surface area contributed by atoms with Crippen molar-refractivity contribution in [2.24, 2.45) is 0 Å². The first kappa shape index (κ1) is 29.4. The molecule has 0 saturated carbocycles. The van der Waals surface area contributed by atoms with Crippen molar-refractivity contribution < 1.29 is 0 Å². The lowest BCUT2D eigenvalue weighted by molar-refractivity contribution is 0.635. The van der Waals surface area contributed by atoms with Crippen molar-refractivity contribution in [1.82, 2.24) is 14.5 Å². The Bertz CT molecular complexity index is 2300. The van der Waals surface area contributed by atoms with Crippen LogP contribution in [0.15, 0.2) is 158 Å². The Hall–Kier alpha value is -6.00. The van der Waals surface area contributed by atoms with Crippen LogP contribution in [0, 0.1) is 0 Å². The molecule has 0 amide bonds. The van der Waals surface area contributed by atoms with Gasteiger partial charge in [-0.3, -0.25) is 4.90 Å². The summed E-state index contributed by atoms with van der Waals surface area (Å²) < 4.78 is 2.40. The third-order valence-electron chi connectivity index (χ3n) is 9.00. The summed E-state index contributed by atoms with van der Waals surface area (Å²) in [6, 6.07) is 48.9. The standard InChI is InChI=1S/C44H36N4/c1-2-16-33(34-19-8-4-9-20-34)27-29-37(31-32-17-6-3-7-18-32)48-41-26-15-13-24-38(41)42-44(48)46-43-39(45-42)30-28-35-21-12-14-25-40(35)47(43)36-22-10-5-11-23-36/h3-30,37H,2,31H2,1H3/b29-27-,33-16+. The van der Waals surface area contributed by atoms with Crippen LogP contribution in [-0.4, -0.2) is 14.5 Å². The van der Waals surface area contributed by atoms with E-state index in [0.29, 0.717) is 0 Å². The van der Waals surface area contributed by atoms with Crippen molar-refractivity contribution in [2.45, 2.75) is 25.8 Å². The van der Waals surface area contributed by atoms with Crippen LogP contribution in [0.2, 0.25) is 0 Å². The molecule has 1 aliphatic rings. The van der Waals surface area contributed by atoms with Gasteiger partial charge in [0.2, 0.25) is 0 Å². The molecule has 0 saturated heterocycles. The van der Waals surface area contributed by atoms with Crippen LogP contribution in [-0.2, 0) is 6.42 Å². The zero-order valence-corrected chi connectivity index (χ0v) is 26.9. The second kappa shape index (κ2) is 13.0. The van der Waals surface area contributed by atoms with E-state index in [1.54, 1.807) is 0 Å². The molecule has 4 nitrogen and oxygen atoms in total. The highest BCUT2D eigenvalue weighted by molar-refractivity contribution is 6.06. The molecule has 0 spiro atoms. The fourth-order valence-corrected chi connectivity index (χ4v) is 6.79. The van der Waals surface area contributed by atoms with Crippen molar-refractivity contribution in [2.75, 3.05) is 4.90 Å². The van der Waals surface area contributed by atoms with Crippen LogP contribution >= 0.6 is 0 Å². The van der Waals surface area contributed by atoms with Gasteiger partial charge in [0, 0.05) is 11.1 Å². The van der Waals surface area contributed by atoms with Gasteiger partial charge in [-0.15, -0.1) is 0 Å². The smallest absolute Gasteiger partial charge is 0.166 e. The molecule has 0 N–H and O–H groups in total. The summed E-state index contributed by atoms with van der Waals surface area (Å²) >= 11 is 0. The van der Waals surface area contributed by atoms with Crippen LogP contribution in [0.3, 0.4) is 0 Å². The maximum Gasteiger partial charge on any atom is 0.166 e. The molecule has 4 heteroatoms. The largest absolute Gasteiger partial charge is 0.317 e. The van der Waals surface area contributed by atoms with Crippen LogP contribution in [0.4, 0.5) is 17.2 Å². The van der Waals surface area contributed by atoms with Crippen molar-refractivity contribution in [1.29, 1.82) is 0 Å². The molecular weight excluding hydrogens is 585 g/mol. The van der Waals surface area contributed by atoms with E-state index < -0.39 is 0 Å². The number of hydrogen-bond acceptors (Lipinski definition) is 3. The lowest BCUT2D eigenvalue weighted by Gasteiger charge is -2.26. The molecular formula is C44H36N4. The molecule has 48 heavy (non-hydrogen) atoms. The molecule has 0 bridgehead atoms. The molecule has 8 rings (SSSR count). The Morgan fingerprint density at radius 3 is 2.19 bits per heavy atom. The second-order valence-electron chi connectivity index (χ2n) is 12.1. The molecule has 1 atom stereocenters. The van der Waals surface area contributed by atoms with Crippen LogP contribution in [0.25, 0.3) is 39.8 Å². The topological polar surface area (TPSA) is 34.0 Å². The van der Waals surface area contributed by atoms with Gasteiger partial charge in [-0.1, -0.05) is 146 Å². The fourth-order valence-electron chi connectivity index (χ4n) is 6.79. The first-order chi connectivity index (χ1) is 23.8. The van der Waals surface area contributed by atoms with Gasteiger partial charge in [-0.25, -0.2) is 9.97 Å². The number of benzene rings is 5. The highest BCUT2D eigenvalue weighted by Gasteiger charge is 2.26. The maximum atomic E-state index is 5.58. The van der Waals surface area contributed by atoms with E-state index in [0.717, 1.165) is 63.4 Å². The summed E-state index contributed by atoms with van der Waals surface area (Å²) in [6.07, 6.45) is 13.0. The lowest BCUT2D eigenvalue weighted by atomic mass is 10.0. The third-order valence-corrected chi connectivity index (χ3v) is 9.00. The number of aromatic nitrogens is 3. The van der Waals surface area contributed by atoms with E-state index >= 15 is 0 Å². The van der Waals surface area contributed by atoms with Gasteiger partial charge in [0.1, 0.15) is 11.2 Å². The predicted molar refractivity (Wildman–Crippen MR) is 202 cm³/mol. The van der Waals surface area contributed by atoms with E-state index in [1.165, 1.54) is 16.7 Å². The summed E-state index contributed by atoms with van der Waals surface area (Å²) in [5, 5.41) is 1.10. The zero-order valence-electron chi connectivity index (χ0n) is 26.9. The average Bonchev–Trinajstić information content (AvgIpc) is 3.36. The van der Waals surface area contributed by atoms with Gasteiger partial charge in [0.15, 0.2) is 11.5 Å². The lowest BCUT2D eigenvalue weighted by Crippen LogP contribution is -2.16. The minimum absolute atomic E-state index is 0.0232.